The Morgan fingerprint density at radius 3 is 2.49 bits per heavy atom. The van der Waals surface area contributed by atoms with Crippen LogP contribution in [0.15, 0.2) is 126 Å². The average Bonchev–Trinajstić information content (AvgIpc) is 3.36. The van der Waals surface area contributed by atoms with Gasteiger partial charge in [-0.05, 0) is 70.2 Å². The highest BCUT2D eigenvalue weighted by Crippen LogP contribution is 2.33. The lowest BCUT2D eigenvalue weighted by Crippen LogP contribution is -2.32. The lowest BCUT2D eigenvalue weighted by Gasteiger charge is -2.28. The third kappa shape index (κ3) is 7.80. The summed E-state index contributed by atoms with van der Waals surface area (Å²) in [5.41, 5.74) is 9.02. The van der Waals surface area contributed by atoms with Gasteiger partial charge in [0, 0.05) is 19.5 Å². The Bertz CT molecular complexity index is 1370. The predicted molar refractivity (Wildman–Crippen MR) is 170 cm³/mol. The fourth-order valence-electron chi connectivity index (χ4n) is 5.00. The standard InChI is InChI=1S/C37H42N2/c1-7-12-35(15-11-24-37(3,4)5)38-36(39(6)27-29-18-16-28(8-2)17-19-29)31-22-20-30(21-23-31)34-25-32-13-9-10-14-33(32)26-34/h7-22,25,31H,1-2,23-24,26-27H2,3-6H3/b15-11-,35-12+,38-36?. The number of amidine groups is 1. The molecule has 2 aliphatic rings. The van der Waals surface area contributed by atoms with Gasteiger partial charge >= 0.3 is 0 Å². The summed E-state index contributed by atoms with van der Waals surface area (Å²) in [6.07, 6.45) is 22.3. The van der Waals surface area contributed by atoms with Crippen LogP contribution in [0.3, 0.4) is 0 Å². The van der Waals surface area contributed by atoms with Crippen molar-refractivity contribution in [1.82, 2.24) is 4.90 Å². The molecule has 1 unspecified atom stereocenters. The van der Waals surface area contributed by atoms with E-state index >= 15 is 0 Å². The van der Waals surface area contributed by atoms with Crippen LogP contribution in [0.4, 0.5) is 0 Å². The van der Waals surface area contributed by atoms with Gasteiger partial charge in [0.1, 0.15) is 5.84 Å². The Kier molecular flexibility index (Phi) is 9.19. The minimum atomic E-state index is 0.194. The van der Waals surface area contributed by atoms with Crippen LogP contribution < -0.4 is 0 Å². The maximum absolute atomic E-state index is 5.23. The molecule has 2 aromatic carbocycles. The van der Waals surface area contributed by atoms with Gasteiger partial charge in [0.15, 0.2) is 0 Å². The van der Waals surface area contributed by atoms with Crippen molar-refractivity contribution >= 4 is 18.0 Å². The lowest BCUT2D eigenvalue weighted by molar-refractivity contribution is 0.420. The molecule has 2 heteroatoms. The first-order valence-electron chi connectivity index (χ1n) is 13.9. The van der Waals surface area contributed by atoms with Crippen LogP contribution in [0, 0.1) is 11.3 Å². The van der Waals surface area contributed by atoms with Crippen molar-refractivity contribution in [2.24, 2.45) is 16.3 Å². The predicted octanol–water partition coefficient (Wildman–Crippen LogP) is 9.36. The summed E-state index contributed by atoms with van der Waals surface area (Å²) >= 11 is 0. The maximum Gasteiger partial charge on any atom is 0.112 e. The number of hydrogen-bond donors (Lipinski definition) is 0. The first-order valence-corrected chi connectivity index (χ1v) is 13.9. The van der Waals surface area contributed by atoms with Crippen molar-refractivity contribution in [2.45, 2.75) is 46.6 Å². The molecule has 0 radical (unpaired) electrons. The van der Waals surface area contributed by atoms with E-state index in [0.717, 1.165) is 42.9 Å². The van der Waals surface area contributed by atoms with Crippen LogP contribution in [0.25, 0.3) is 12.2 Å². The molecule has 2 nitrogen and oxygen atoms in total. The SMILES string of the molecule is C=C/C=C(\C=C/CC(C)(C)C)N=C(C1C=CC(C2=Cc3ccccc3C2)=CC1)N(C)Cc1ccc(C=C)cc1. The molecule has 0 saturated heterocycles. The second kappa shape index (κ2) is 12.8. The first kappa shape index (κ1) is 28.1. The van der Waals surface area contributed by atoms with Gasteiger partial charge < -0.3 is 4.90 Å². The van der Waals surface area contributed by atoms with E-state index in [1.54, 1.807) is 0 Å². The van der Waals surface area contributed by atoms with Crippen LogP contribution in [-0.2, 0) is 13.0 Å². The van der Waals surface area contributed by atoms with Crippen molar-refractivity contribution in [1.29, 1.82) is 0 Å². The normalized spacial score (nSPS) is 17.6. The van der Waals surface area contributed by atoms with E-state index in [4.69, 9.17) is 4.99 Å². The van der Waals surface area contributed by atoms with Gasteiger partial charge in [-0.1, -0.05) is 125 Å². The Balaban J connectivity index is 1.58. The Morgan fingerprint density at radius 2 is 1.85 bits per heavy atom. The van der Waals surface area contributed by atoms with Gasteiger partial charge in [-0.3, -0.25) is 0 Å². The van der Waals surface area contributed by atoms with Gasteiger partial charge in [-0.2, -0.15) is 0 Å². The molecule has 0 saturated carbocycles. The van der Waals surface area contributed by atoms with E-state index in [1.807, 2.05) is 18.2 Å². The van der Waals surface area contributed by atoms with Gasteiger partial charge in [0.25, 0.3) is 0 Å². The van der Waals surface area contributed by atoms with E-state index in [1.165, 1.54) is 27.8 Å². The number of fused-ring (bicyclic) bond motifs is 1. The van der Waals surface area contributed by atoms with Crippen LogP contribution >= 0.6 is 0 Å². The number of allylic oxidation sites excluding steroid dienone is 8. The van der Waals surface area contributed by atoms with E-state index < -0.39 is 0 Å². The third-order valence-electron chi connectivity index (χ3n) is 7.15. The fourth-order valence-corrected chi connectivity index (χ4v) is 5.00. The molecular weight excluding hydrogens is 472 g/mol. The highest BCUT2D eigenvalue weighted by Gasteiger charge is 2.22. The van der Waals surface area contributed by atoms with Gasteiger partial charge in [0.2, 0.25) is 0 Å². The summed E-state index contributed by atoms with van der Waals surface area (Å²) in [5.74, 6) is 1.26. The van der Waals surface area contributed by atoms with Crippen LogP contribution in [-0.4, -0.2) is 17.8 Å². The third-order valence-corrected chi connectivity index (χ3v) is 7.15. The van der Waals surface area contributed by atoms with Crippen LogP contribution in [0.5, 0.6) is 0 Å². The highest BCUT2D eigenvalue weighted by atomic mass is 15.2. The largest absolute Gasteiger partial charge is 0.358 e. The minimum Gasteiger partial charge on any atom is -0.358 e. The second-order valence-electron chi connectivity index (χ2n) is 11.7. The summed E-state index contributed by atoms with van der Waals surface area (Å²) in [7, 11) is 2.15. The van der Waals surface area contributed by atoms with E-state index in [-0.39, 0.29) is 11.3 Å². The van der Waals surface area contributed by atoms with Gasteiger partial charge in [-0.15, -0.1) is 0 Å². The van der Waals surface area contributed by atoms with E-state index in [0.29, 0.717) is 0 Å². The molecule has 0 amide bonds. The summed E-state index contributed by atoms with van der Waals surface area (Å²) in [6.45, 7) is 15.4. The van der Waals surface area contributed by atoms with Crippen LogP contribution in [0.2, 0.25) is 0 Å². The molecule has 1 atom stereocenters. The zero-order valence-electron chi connectivity index (χ0n) is 24.0. The number of nitrogens with zero attached hydrogens (tertiary/aromatic N) is 2. The molecule has 4 rings (SSSR count). The Hall–Kier alpha value is -3.91. The zero-order valence-corrected chi connectivity index (χ0v) is 24.0. The molecule has 0 N–H and O–H groups in total. The molecule has 0 spiro atoms. The molecule has 39 heavy (non-hydrogen) atoms. The molecule has 2 aliphatic carbocycles. The second-order valence-corrected chi connectivity index (χ2v) is 11.7. The number of aliphatic imine (C=N–C) groups is 1. The summed E-state index contributed by atoms with van der Waals surface area (Å²) in [4.78, 5) is 7.52. The minimum absolute atomic E-state index is 0.194. The number of rotatable bonds is 9. The lowest BCUT2D eigenvalue weighted by atomic mass is 9.90. The average molecular weight is 515 g/mol. The number of hydrogen-bond acceptors (Lipinski definition) is 1. The Labute approximate surface area is 235 Å². The fraction of sp³-hybridized carbons (Fsp3) is 0.270. The van der Waals surface area contributed by atoms with Crippen LogP contribution in [0.1, 0.15) is 55.9 Å². The first-order chi connectivity index (χ1) is 18.8. The van der Waals surface area contributed by atoms with E-state index in [2.05, 4.69) is 131 Å². The molecule has 0 bridgehead atoms. The zero-order chi connectivity index (χ0) is 27.8. The smallest absolute Gasteiger partial charge is 0.112 e. The molecule has 0 aliphatic heterocycles. The van der Waals surface area contributed by atoms with Crippen molar-refractivity contribution in [3.8, 4) is 0 Å². The van der Waals surface area contributed by atoms with E-state index in [9.17, 15) is 0 Å². The molecule has 200 valence electrons. The summed E-state index contributed by atoms with van der Waals surface area (Å²) in [5, 5.41) is 0. The summed E-state index contributed by atoms with van der Waals surface area (Å²) in [6, 6.07) is 17.3. The quantitative estimate of drug-likeness (QED) is 0.185. The molecule has 0 heterocycles. The summed E-state index contributed by atoms with van der Waals surface area (Å²) < 4.78 is 0. The monoisotopic (exact) mass is 514 g/mol. The molecule has 0 fully saturated rings. The van der Waals surface area contributed by atoms with Crippen molar-refractivity contribution in [3.63, 3.8) is 0 Å². The number of benzene rings is 2. The highest BCUT2D eigenvalue weighted by molar-refractivity contribution is 5.88. The van der Waals surface area contributed by atoms with Gasteiger partial charge in [0.05, 0.1) is 5.70 Å². The molecule has 0 aromatic heterocycles. The molecular formula is C37H42N2. The van der Waals surface area contributed by atoms with Crippen molar-refractivity contribution in [3.05, 3.63) is 143 Å². The van der Waals surface area contributed by atoms with Gasteiger partial charge in [-0.25, -0.2) is 4.99 Å². The maximum atomic E-state index is 5.23. The topological polar surface area (TPSA) is 15.6 Å². The van der Waals surface area contributed by atoms with Crippen molar-refractivity contribution < 1.29 is 0 Å². The molecule has 2 aromatic rings. The Morgan fingerprint density at radius 1 is 1.08 bits per heavy atom. The van der Waals surface area contributed by atoms with Crippen molar-refractivity contribution in [2.75, 3.05) is 7.05 Å².